The van der Waals surface area contributed by atoms with Crippen molar-refractivity contribution >= 4 is 11.8 Å². The smallest absolute Gasteiger partial charge is 0.410 e. The van der Waals surface area contributed by atoms with Crippen LogP contribution < -0.4 is 9.64 Å². The Morgan fingerprint density at radius 2 is 1.91 bits per heavy atom. The summed E-state index contributed by atoms with van der Waals surface area (Å²) in [7, 11) is 0. The van der Waals surface area contributed by atoms with Gasteiger partial charge in [0.05, 0.1) is 12.3 Å². The predicted octanol–water partition coefficient (Wildman–Crippen LogP) is 2.68. The molecule has 1 aromatic carbocycles. The quantitative estimate of drug-likeness (QED) is 0.800. The summed E-state index contributed by atoms with van der Waals surface area (Å²) < 4.78 is 11.2. The summed E-state index contributed by atoms with van der Waals surface area (Å²) in [6.45, 7) is 9.42. The molecule has 0 unspecified atom stereocenters. The number of amides is 1. The Kier molecular flexibility index (Phi) is 3.89. The predicted molar refractivity (Wildman–Crippen MR) is 85.7 cm³/mol. The molecule has 1 aromatic rings. The molecule has 0 aromatic heterocycles. The zero-order valence-electron chi connectivity index (χ0n) is 13.6. The number of benzene rings is 1. The number of carbonyl (C=O) groups excluding carboxylic acids is 1. The van der Waals surface area contributed by atoms with Crippen LogP contribution >= 0.6 is 0 Å². The van der Waals surface area contributed by atoms with Crippen LogP contribution in [0.3, 0.4) is 0 Å². The van der Waals surface area contributed by atoms with Crippen LogP contribution in [0.25, 0.3) is 0 Å². The topological polar surface area (TPSA) is 42.0 Å². The Morgan fingerprint density at radius 3 is 2.59 bits per heavy atom. The number of rotatable bonds is 1. The van der Waals surface area contributed by atoms with Crippen molar-refractivity contribution in [3.05, 3.63) is 23.8 Å². The van der Waals surface area contributed by atoms with Gasteiger partial charge in [-0.15, -0.1) is 0 Å². The molecule has 0 spiro atoms. The highest BCUT2D eigenvalue weighted by Crippen LogP contribution is 2.36. The maximum Gasteiger partial charge on any atom is 0.410 e. The van der Waals surface area contributed by atoms with Gasteiger partial charge in [-0.25, -0.2) is 4.79 Å². The van der Waals surface area contributed by atoms with Gasteiger partial charge in [0.1, 0.15) is 11.4 Å². The summed E-state index contributed by atoms with van der Waals surface area (Å²) in [5, 5.41) is 0. The molecule has 2 aliphatic heterocycles. The second kappa shape index (κ2) is 5.71. The standard InChI is InChI=1S/C17H24N2O3/c1-17(2,3)22-16(20)19-10-8-18(9-11-19)14-6-4-5-13-7-12-21-15(13)14/h4-6H,7-12H2,1-3H3. The number of para-hydroxylation sites is 1. The summed E-state index contributed by atoms with van der Waals surface area (Å²) >= 11 is 0. The van der Waals surface area contributed by atoms with Gasteiger partial charge in [0, 0.05) is 32.6 Å². The average Bonchev–Trinajstić information content (AvgIpc) is 2.94. The van der Waals surface area contributed by atoms with Crippen molar-refractivity contribution in [2.45, 2.75) is 32.8 Å². The van der Waals surface area contributed by atoms with Crippen molar-refractivity contribution in [2.24, 2.45) is 0 Å². The van der Waals surface area contributed by atoms with E-state index < -0.39 is 5.60 Å². The molecule has 0 bridgehead atoms. The van der Waals surface area contributed by atoms with E-state index in [0.29, 0.717) is 13.1 Å². The fraction of sp³-hybridized carbons (Fsp3) is 0.588. The van der Waals surface area contributed by atoms with Gasteiger partial charge in [-0.1, -0.05) is 12.1 Å². The number of nitrogens with zero attached hydrogens (tertiary/aromatic N) is 2. The lowest BCUT2D eigenvalue weighted by Gasteiger charge is -2.37. The van der Waals surface area contributed by atoms with Gasteiger partial charge < -0.3 is 19.3 Å². The first-order chi connectivity index (χ1) is 10.4. The van der Waals surface area contributed by atoms with Crippen LogP contribution in [0.2, 0.25) is 0 Å². The third-order valence-electron chi connectivity index (χ3n) is 3.97. The van der Waals surface area contributed by atoms with Crippen molar-refractivity contribution in [3.63, 3.8) is 0 Å². The molecule has 5 heteroatoms. The molecular weight excluding hydrogens is 280 g/mol. The van der Waals surface area contributed by atoms with Gasteiger partial charge in [0.25, 0.3) is 0 Å². The van der Waals surface area contributed by atoms with E-state index in [1.54, 1.807) is 4.90 Å². The van der Waals surface area contributed by atoms with E-state index in [9.17, 15) is 4.79 Å². The molecule has 5 nitrogen and oxygen atoms in total. The van der Waals surface area contributed by atoms with Crippen molar-refractivity contribution in [1.29, 1.82) is 0 Å². The van der Waals surface area contributed by atoms with Crippen molar-refractivity contribution in [1.82, 2.24) is 4.90 Å². The fourth-order valence-corrected chi connectivity index (χ4v) is 2.90. The maximum atomic E-state index is 12.1. The lowest BCUT2D eigenvalue weighted by atomic mass is 10.1. The van der Waals surface area contributed by atoms with E-state index in [1.807, 2.05) is 20.8 Å². The molecule has 2 aliphatic rings. The minimum atomic E-state index is -0.442. The summed E-state index contributed by atoms with van der Waals surface area (Å²) in [4.78, 5) is 16.2. The van der Waals surface area contributed by atoms with Gasteiger partial charge in [-0.05, 0) is 32.4 Å². The van der Waals surface area contributed by atoms with Crippen molar-refractivity contribution < 1.29 is 14.3 Å². The minimum Gasteiger partial charge on any atom is -0.491 e. The average molecular weight is 304 g/mol. The highest BCUT2D eigenvalue weighted by Gasteiger charge is 2.28. The number of piperazine rings is 1. The molecule has 0 N–H and O–H groups in total. The van der Waals surface area contributed by atoms with E-state index >= 15 is 0 Å². The molecule has 2 heterocycles. The van der Waals surface area contributed by atoms with E-state index in [2.05, 4.69) is 23.1 Å². The molecule has 0 atom stereocenters. The molecule has 1 fully saturated rings. The zero-order chi connectivity index (χ0) is 15.7. The van der Waals surface area contributed by atoms with Crippen LogP contribution in [-0.4, -0.2) is 49.4 Å². The summed E-state index contributed by atoms with van der Waals surface area (Å²) in [5.41, 5.74) is 1.99. The number of ether oxygens (including phenoxy) is 2. The van der Waals surface area contributed by atoms with Gasteiger partial charge in [-0.3, -0.25) is 0 Å². The van der Waals surface area contributed by atoms with Crippen LogP contribution in [-0.2, 0) is 11.2 Å². The molecule has 0 radical (unpaired) electrons. The lowest BCUT2D eigenvalue weighted by Crippen LogP contribution is -2.50. The monoisotopic (exact) mass is 304 g/mol. The van der Waals surface area contributed by atoms with Crippen LogP contribution in [0.5, 0.6) is 5.75 Å². The van der Waals surface area contributed by atoms with Gasteiger partial charge >= 0.3 is 6.09 Å². The number of carbonyl (C=O) groups is 1. The molecule has 120 valence electrons. The van der Waals surface area contributed by atoms with Gasteiger partial charge in [0.2, 0.25) is 0 Å². The van der Waals surface area contributed by atoms with E-state index in [0.717, 1.165) is 37.6 Å². The lowest BCUT2D eigenvalue weighted by molar-refractivity contribution is 0.0240. The Bertz CT molecular complexity index is 558. The summed E-state index contributed by atoms with van der Waals surface area (Å²) in [6, 6.07) is 6.32. The second-order valence-corrected chi connectivity index (χ2v) is 6.82. The van der Waals surface area contributed by atoms with Gasteiger partial charge in [-0.2, -0.15) is 0 Å². The zero-order valence-corrected chi connectivity index (χ0v) is 13.6. The first-order valence-electron chi connectivity index (χ1n) is 7.91. The second-order valence-electron chi connectivity index (χ2n) is 6.82. The number of hydrogen-bond acceptors (Lipinski definition) is 4. The molecular formula is C17H24N2O3. The van der Waals surface area contributed by atoms with E-state index in [1.165, 1.54) is 5.56 Å². The minimum absolute atomic E-state index is 0.221. The van der Waals surface area contributed by atoms with Gasteiger partial charge in [0.15, 0.2) is 0 Å². The Morgan fingerprint density at radius 1 is 1.18 bits per heavy atom. The number of anilines is 1. The van der Waals surface area contributed by atoms with E-state index in [-0.39, 0.29) is 6.09 Å². The fourth-order valence-electron chi connectivity index (χ4n) is 2.90. The molecule has 3 rings (SSSR count). The number of hydrogen-bond donors (Lipinski definition) is 0. The van der Waals surface area contributed by atoms with Crippen molar-refractivity contribution in [2.75, 3.05) is 37.7 Å². The molecule has 0 aliphatic carbocycles. The summed E-state index contributed by atoms with van der Waals surface area (Å²) in [5.74, 6) is 1.02. The Balaban J connectivity index is 1.63. The largest absolute Gasteiger partial charge is 0.491 e. The molecule has 1 saturated heterocycles. The van der Waals surface area contributed by atoms with Crippen LogP contribution in [0.1, 0.15) is 26.3 Å². The van der Waals surface area contributed by atoms with E-state index in [4.69, 9.17) is 9.47 Å². The van der Waals surface area contributed by atoms with Crippen LogP contribution in [0, 0.1) is 0 Å². The third kappa shape index (κ3) is 3.13. The maximum absolute atomic E-state index is 12.1. The highest BCUT2D eigenvalue weighted by atomic mass is 16.6. The molecule has 0 saturated carbocycles. The third-order valence-corrected chi connectivity index (χ3v) is 3.97. The first-order valence-corrected chi connectivity index (χ1v) is 7.91. The van der Waals surface area contributed by atoms with Crippen LogP contribution in [0.4, 0.5) is 10.5 Å². The normalized spacial score (nSPS) is 18.0. The van der Waals surface area contributed by atoms with Crippen molar-refractivity contribution in [3.8, 4) is 5.75 Å². The van der Waals surface area contributed by atoms with Crippen LogP contribution in [0.15, 0.2) is 18.2 Å². The Labute approximate surface area is 131 Å². The molecule has 22 heavy (non-hydrogen) atoms. The summed E-state index contributed by atoms with van der Waals surface area (Å²) in [6.07, 6.45) is 0.766. The first kappa shape index (κ1) is 15.0. The SMILES string of the molecule is CC(C)(C)OC(=O)N1CCN(c2cccc3c2OCC3)CC1. The number of fused-ring (bicyclic) bond motifs is 1. The highest BCUT2D eigenvalue weighted by molar-refractivity contribution is 5.69. The molecule has 1 amide bonds. The Hall–Kier alpha value is -1.91.